The van der Waals surface area contributed by atoms with E-state index in [-0.39, 0.29) is 16.9 Å². The number of hydrogen-bond donors (Lipinski definition) is 2. The summed E-state index contributed by atoms with van der Waals surface area (Å²) in [6, 6.07) is 0. The molecule has 0 atom stereocenters. The number of carboxylic acids is 1. The lowest BCUT2D eigenvalue weighted by molar-refractivity contribution is -0.134. The Hall–Kier alpha value is -0.360. The number of rotatable bonds is 7. The monoisotopic (exact) mass is 341 g/mol. The molecule has 4 nitrogen and oxygen atoms in total. The maximum Gasteiger partial charge on any atom is 0.352 e. The van der Waals surface area contributed by atoms with E-state index in [4.69, 9.17) is 5.11 Å². The number of allylic oxidation sites excluding steroid dienone is 1. The van der Waals surface area contributed by atoms with E-state index in [1.807, 2.05) is 0 Å². The first-order chi connectivity index (χ1) is 7.11. The SMILES string of the molecule is O=C(CBr)NC(=CCCCCBr)C(=O)O. The smallest absolute Gasteiger partial charge is 0.352 e. The molecule has 0 radical (unpaired) electrons. The van der Waals surface area contributed by atoms with E-state index in [0.717, 1.165) is 18.2 Å². The summed E-state index contributed by atoms with van der Waals surface area (Å²) in [5.74, 6) is -1.47. The third-order valence-corrected chi connectivity index (χ3v) is 2.63. The van der Waals surface area contributed by atoms with Gasteiger partial charge in [-0.2, -0.15) is 0 Å². The van der Waals surface area contributed by atoms with Gasteiger partial charge in [0.15, 0.2) is 0 Å². The highest BCUT2D eigenvalue weighted by molar-refractivity contribution is 9.09. The zero-order valence-electron chi connectivity index (χ0n) is 8.13. The maximum atomic E-state index is 10.9. The minimum absolute atomic E-state index is 0.0472. The van der Waals surface area contributed by atoms with Crippen molar-refractivity contribution < 1.29 is 14.7 Å². The first-order valence-corrected chi connectivity index (χ1v) is 6.71. The lowest BCUT2D eigenvalue weighted by Crippen LogP contribution is -2.28. The molecule has 0 rings (SSSR count). The number of amides is 1. The zero-order chi connectivity index (χ0) is 11.7. The summed E-state index contributed by atoms with van der Waals surface area (Å²) in [4.78, 5) is 21.7. The van der Waals surface area contributed by atoms with Crippen molar-refractivity contribution in [3.05, 3.63) is 11.8 Å². The molecule has 86 valence electrons. The summed E-state index contributed by atoms with van der Waals surface area (Å²) < 4.78 is 0. The molecule has 0 aliphatic carbocycles. The van der Waals surface area contributed by atoms with Crippen molar-refractivity contribution in [3.63, 3.8) is 0 Å². The van der Waals surface area contributed by atoms with Gasteiger partial charge in [0.25, 0.3) is 0 Å². The van der Waals surface area contributed by atoms with Crippen molar-refractivity contribution in [2.75, 3.05) is 10.7 Å². The fourth-order valence-corrected chi connectivity index (χ4v) is 1.40. The summed E-state index contributed by atoms with van der Waals surface area (Å²) >= 11 is 6.23. The van der Waals surface area contributed by atoms with E-state index in [1.54, 1.807) is 0 Å². The number of halogens is 2. The van der Waals surface area contributed by atoms with Crippen LogP contribution in [-0.2, 0) is 9.59 Å². The third kappa shape index (κ3) is 7.56. The van der Waals surface area contributed by atoms with Crippen LogP contribution in [0.2, 0.25) is 0 Å². The Kier molecular flexibility index (Phi) is 8.70. The van der Waals surface area contributed by atoms with Crippen LogP contribution in [0.4, 0.5) is 0 Å². The normalized spacial score (nSPS) is 11.2. The molecule has 0 unspecified atom stereocenters. The van der Waals surface area contributed by atoms with Gasteiger partial charge in [-0.1, -0.05) is 37.9 Å². The largest absolute Gasteiger partial charge is 0.477 e. The molecule has 0 spiro atoms. The zero-order valence-corrected chi connectivity index (χ0v) is 11.3. The van der Waals surface area contributed by atoms with Crippen LogP contribution in [0.15, 0.2) is 11.8 Å². The molecule has 0 bridgehead atoms. The molecule has 1 amide bonds. The number of aliphatic carboxylic acids is 1. The Morgan fingerprint density at radius 1 is 1.27 bits per heavy atom. The number of nitrogens with one attached hydrogen (secondary N) is 1. The molecule has 0 aliphatic rings. The molecule has 0 aromatic carbocycles. The average Bonchev–Trinajstić information content (AvgIpc) is 2.21. The predicted molar refractivity (Wildman–Crippen MR) is 65.3 cm³/mol. The second-order valence-electron chi connectivity index (χ2n) is 2.79. The first kappa shape index (κ1) is 14.6. The van der Waals surface area contributed by atoms with Gasteiger partial charge >= 0.3 is 5.97 Å². The molecule has 0 saturated carbocycles. The first-order valence-electron chi connectivity index (χ1n) is 4.47. The molecule has 2 N–H and O–H groups in total. The van der Waals surface area contributed by atoms with E-state index in [9.17, 15) is 9.59 Å². The van der Waals surface area contributed by atoms with E-state index in [0.29, 0.717) is 6.42 Å². The van der Waals surface area contributed by atoms with Crippen LogP contribution in [0.1, 0.15) is 19.3 Å². The topological polar surface area (TPSA) is 66.4 Å². The minimum atomic E-state index is -1.11. The molecule has 0 aromatic rings. The number of unbranched alkanes of at least 4 members (excludes halogenated alkanes) is 2. The van der Waals surface area contributed by atoms with Gasteiger partial charge in [0.2, 0.25) is 5.91 Å². The van der Waals surface area contributed by atoms with E-state index in [1.165, 1.54) is 6.08 Å². The molecular weight excluding hydrogens is 330 g/mol. The van der Waals surface area contributed by atoms with E-state index in [2.05, 4.69) is 37.2 Å². The Labute approximate surface area is 105 Å². The Balaban J connectivity index is 4.13. The van der Waals surface area contributed by atoms with Crippen LogP contribution >= 0.6 is 31.9 Å². The molecule has 0 aliphatic heterocycles. The van der Waals surface area contributed by atoms with Gasteiger partial charge in [0.1, 0.15) is 5.70 Å². The van der Waals surface area contributed by atoms with Crippen molar-refractivity contribution in [1.29, 1.82) is 0 Å². The number of hydrogen-bond acceptors (Lipinski definition) is 2. The number of alkyl halides is 2. The molecule has 6 heteroatoms. The van der Waals surface area contributed by atoms with Gasteiger partial charge in [-0.3, -0.25) is 4.79 Å². The van der Waals surface area contributed by atoms with Crippen LogP contribution < -0.4 is 5.32 Å². The van der Waals surface area contributed by atoms with Gasteiger partial charge in [-0.05, 0) is 19.3 Å². The second-order valence-corrected chi connectivity index (χ2v) is 4.14. The molecular formula is C9H13Br2NO3. The highest BCUT2D eigenvalue weighted by atomic mass is 79.9. The third-order valence-electron chi connectivity index (χ3n) is 1.56. The van der Waals surface area contributed by atoms with Crippen LogP contribution in [0.25, 0.3) is 0 Å². The number of carbonyl (C=O) groups is 2. The Bertz CT molecular complexity index is 254. The quantitative estimate of drug-likeness (QED) is 0.422. The van der Waals surface area contributed by atoms with Crippen molar-refractivity contribution >= 4 is 43.7 Å². The van der Waals surface area contributed by atoms with E-state index >= 15 is 0 Å². The fourth-order valence-electron chi connectivity index (χ4n) is 0.861. The van der Waals surface area contributed by atoms with Crippen LogP contribution in [0.3, 0.4) is 0 Å². The number of carbonyl (C=O) groups excluding carboxylic acids is 1. The van der Waals surface area contributed by atoms with Gasteiger partial charge in [-0.15, -0.1) is 0 Å². The molecule has 0 aromatic heterocycles. The van der Waals surface area contributed by atoms with E-state index < -0.39 is 5.97 Å². The molecule has 15 heavy (non-hydrogen) atoms. The standard InChI is InChI=1S/C9H13Br2NO3/c10-5-3-1-2-4-7(9(14)15)12-8(13)6-11/h4H,1-3,5-6H2,(H,12,13)(H,14,15). The average molecular weight is 343 g/mol. The van der Waals surface area contributed by atoms with Crippen LogP contribution in [0.5, 0.6) is 0 Å². The minimum Gasteiger partial charge on any atom is -0.477 e. The Morgan fingerprint density at radius 2 is 1.93 bits per heavy atom. The Morgan fingerprint density at radius 3 is 2.40 bits per heavy atom. The van der Waals surface area contributed by atoms with Gasteiger partial charge in [0, 0.05) is 5.33 Å². The van der Waals surface area contributed by atoms with Crippen molar-refractivity contribution in [2.24, 2.45) is 0 Å². The van der Waals surface area contributed by atoms with Crippen LogP contribution in [-0.4, -0.2) is 27.6 Å². The molecule has 0 heterocycles. The van der Waals surface area contributed by atoms with Gasteiger partial charge in [-0.25, -0.2) is 4.79 Å². The number of carboxylic acid groups (broad SMARTS) is 1. The lowest BCUT2D eigenvalue weighted by Gasteiger charge is -2.03. The van der Waals surface area contributed by atoms with Crippen molar-refractivity contribution in [2.45, 2.75) is 19.3 Å². The summed E-state index contributed by atoms with van der Waals surface area (Å²) in [6.45, 7) is 0. The second kappa shape index (κ2) is 8.91. The molecule has 0 fully saturated rings. The molecule has 0 saturated heterocycles. The summed E-state index contributed by atoms with van der Waals surface area (Å²) in [5.41, 5.74) is -0.0472. The lowest BCUT2D eigenvalue weighted by atomic mass is 10.2. The predicted octanol–water partition coefficient (Wildman–Crippen LogP) is 2.03. The van der Waals surface area contributed by atoms with Gasteiger partial charge in [0.05, 0.1) is 5.33 Å². The van der Waals surface area contributed by atoms with Crippen molar-refractivity contribution in [3.8, 4) is 0 Å². The fraction of sp³-hybridized carbons (Fsp3) is 0.556. The summed E-state index contributed by atoms with van der Waals surface area (Å²) in [6.07, 6.45) is 4.06. The highest BCUT2D eigenvalue weighted by Crippen LogP contribution is 2.02. The summed E-state index contributed by atoms with van der Waals surface area (Å²) in [5, 5.41) is 12.1. The summed E-state index contributed by atoms with van der Waals surface area (Å²) in [7, 11) is 0. The van der Waals surface area contributed by atoms with Gasteiger partial charge < -0.3 is 10.4 Å². The highest BCUT2D eigenvalue weighted by Gasteiger charge is 2.09. The maximum absolute atomic E-state index is 10.9. The van der Waals surface area contributed by atoms with Crippen LogP contribution in [0, 0.1) is 0 Å². The van der Waals surface area contributed by atoms with Crippen molar-refractivity contribution in [1.82, 2.24) is 5.32 Å².